The number of pyridine rings is 1. The van der Waals surface area contributed by atoms with E-state index in [0.717, 1.165) is 26.7 Å². The van der Waals surface area contributed by atoms with Crippen LogP contribution in [0.15, 0.2) is 76.8 Å². The van der Waals surface area contributed by atoms with Crippen molar-refractivity contribution < 1.29 is 4.79 Å². The molecule has 0 fully saturated rings. The van der Waals surface area contributed by atoms with Crippen LogP contribution in [0.2, 0.25) is 5.02 Å². The lowest BCUT2D eigenvalue weighted by atomic mass is 10.2. The summed E-state index contributed by atoms with van der Waals surface area (Å²) in [4.78, 5) is 22.2. The van der Waals surface area contributed by atoms with Gasteiger partial charge in [0, 0.05) is 32.8 Å². The molecule has 0 spiro atoms. The number of hydrogen-bond acceptors (Lipinski definition) is 6. The minimum absolute atomic E-state index is 0.0525. The van der Waals surface area contributed by atoms with Crippen LogP contribution < -0.4 is 4.90 Å². The lowest BCUT2D eigenvalue weighted by Gasteiger charge is -2.31. The van der Waals surface area contributed by atoms with E-state index in [1.54, 1.807) is 47.3 Å². The van der Waals surface area contributed by atoms with E-state index >= 15 is 0 Å². The van der Waals surface area contributed by atoms with E-state index in [2.05, 4.69) is 20.4 Å². The van der Waals surface area contributed by atoms with Crippen LogP contribution in [-0.2, 0) is 11.3 Å². The number of hydrogen-bond donors (Lipinski definition) is 0. The third-order valence-corrected chi connectivity index (χ3v) is 5.77. The highest BCUT2D eigenvalue weighted by Crippen LogP contribution is 2.48. The van der Waals surface area contributed by atoms with Gasteiger partial charge in [-0.2, -0.15) is 4.80 Å². The first-order chi connectivity index (χ1) is 14.2. The Morgan fingerprint density at radius 3 is 2.66 bits per heavy atom. The lowest BCUT2D eigenvalue weighted by Crippen LogP contribution is -2.32. The third-order valence-electron chi connectivity index (χ3n) is 4.41. The molecule has 0 N–H and O–H groups in total. The Labute approximate surface area is 175 Å². The van der Waals surface area contributed by atoms with Crippen molar-refractivity contribution in [2.45, 2.75) is 16.3 Å². The maximum atomic E-state index is 13.3. The predicted molar refractivity (Wildman–Crippen MR) is 110 cm³/mol. The molecule has 0 bridgehead atoms. The van der Waals surface area contributed by atoms with E-state index in [1.807, 2.05) is 36.4 Å². The average molecular weight is 421 g/mol. The first kappa shape index (κ1) is 17.8. The van der Waals surface area contributed by atoms with Gasteiger partial charge in [-0.05, 0) is 47.7 Å². The first-order valence-corrected chi connectivity index (χ1v) is 9.96. The minimum Gasteiger partial charge on any atom is -0.277 e. The Morgan fingerprint density at radius 1 is 1.00 bits per heavy atom. The summed E-state index contributed by atoms with van der Waals surface area (Å²) in [5.74, 6) is 0.262. The first-order valence-electron chi connectivity index (χ1n) is 8.76. The van der Waals surface area contributed by atoms with Gasteiger partial charge in [-0.3, -0.25) is 14.7 Å². The van der Waals surface area contributed by atoms with Gasteiger partial charge in [-0.15, -0.1) is 10.2 Å². The molecule has 0 unspecified atom stereocenters. The Morgan fingerprint density at radius 2 is 1.79 bits per heavy atom. The second-order valence-electron chi connectivity index (χ2n) is 6.29. The molecule has 1 aliphatic heterocycles. The SMILES string of the molecule is O=C(Cn1nnc(-c2ccncc2)n1)N1c2ccccc2Sc2ccc(Cl)cc21. The van der Waals surface area contributed by atoms with Gasteiger partial charge in [-0.25, -0.2) is 0 Å². The average Bonchev–Trinajstić information content (AvgIpc) is 3.21. The summed E-state index contributed by atoms with van der Waals surface area (Å²) in [6.07, 6.45) is 3.31. The quantitative estimate of drug-likeness (QED) is 0.494. The fourth-order valence-electron chi connectivity index (χ4n) is 3.12. The molecule has 0 aliphatic carbocycles. The highest BCUT2D eigenvalue weighted by molar-refractivity contribution is 7.99. The molecule has 2 aromatic carbocycles. The van der Waals surface area contributed by atoms with Gasteiger partial charge in [0.1, 0.15) is 6.54 Å². The highest BCUT2D eigenvalue weighted by atomic mass is 35.5. The summed E-state index contributed by atoms with van der Waals surface area (Å²) in [5.41, 5.74) is 2.35. The summed E-state index contributed by atoms with van der Waals surface area (Å²) in [6, 6.07) is 16.9. The van der Waals surface area contributed by atoms with E-state index in [9.17, 15) is 4.79 Å². The van der Waals surface area contributed by atoms with Gasteiger partial charge in [-0.1, -0.05) is 35.5 Å². The van der Waals surface area contributed by atoms with Crippen LogP contribution in [0.4, 0.5) is 11.4 Å². The summed E-state index contributed by atoms with van der Waals surface area (Å²) < 4.78 is 0. The molecule has 0 saturated heterocycles. The van der Waals surface area contributed by atoms with Crippen LogP contribution in [0, 0.1) is 0 Å². The fraction of sp³-hybridized carbons (Fsp3) is 0.0500. The number of fused-ring (bicyclic) bond motifs is 2. The number of nitrogens with zero attached hydrogens (tertiary/aromatic N) is 6. The smallest absolute Gasteiger partial charge is 0.255 e. The molecule has 142 valence electrons. The van der Waals surface area contributed by atoms with Gasteiger partial charge in [0.25, 0.3) is 5.91 Å². The molecule has 2 aromatic heterocycles. The minimum atomic E-state index is -0.181. The van der Waals surface area contributed by atoms with Crippen LogP contribution in [0.25, 0.3) is 11.4 Å². The molecule has 0 radical (unpaired) electrons. The number of para-hydroxylation sites is 1. The number of rotatable bonds is 3. The van der Waals surface area contributed by atoms with Crippen LogP contribution in [0.3, 0.4) is 0 Å². The van der Waals surface area contributed by atoms with Crippen molar-refractivity contribution in [2.24, 2.45) is 0 Å². The predicted octanol–water partition coefficient (Wildman–Crippen LogP) is 4.22. The topological polar surface area (TPSA) is 76.8 Å². The Hall–Kier alpha value is -3.23. The number of carbonyl (C=O) groups excluding carboxylic acids is 1. The van der Waals surface area contributed by atoms with E-state index in [-0.39, 0.29) is 12.5 Å². The molecule has 3 heterocycles. The normalized spacial score (nSPS) is 12.4. The molecule has 0 saturated carbocycles. The van der Waals surface area contributed by atoms with E-state index < -0.39 is 0 Å². The maximum Gasteiger partial charge on any atom is 0.255 e. The van der Waals surface area contributed by atoms with Gasteiger partial charge in [0.15, 0.2) is 0 Å². The van der Waals surface area contributed by atoms with Crippen LogP contribution >= 0.6 is 23.4 Å². The summed E-state index contributed by atoms with van der Waals surface area (Å²) in [7, 11) is 0. The van der Waals surface area contributed by atoms with Crippen LogP contribution in [-0.4, -0.2) is 31.1 Å². The summed E-state index contributed by atoms with van der Waals surface area (Å²) in [5, 5.41) is 13.0. The van der Waals surface area contributed by atoms with Gasteiger partial charge >= 0.3 is 0 Å². The van der Waals surface area contributed by atoms with E-state index in [1.165, 1.54) is 4.80 Å². The molecular formula is C20H13ClN6OS. The zero-order chi connectivity index (χ0) is 19.8. The van der Waals surface area contributed by atoms with Crippen LogP contribution in [0.1, 0.15) is 0 Å². The Balaban J connectivity index is 1.49. The van der Waals surface area contributed by atoms with Crippen molar-refractivity contribution in [3.63, 3.8) is 0 Å². The summed E-state index contributed by atoms with van der Waals surface area (Å²) >= 11 is 7.82. The van der Waals surface area contributed by atoms with Gasteiger partial charge in [0.2, 0.25) is 5.82 Å². The molecular weight excluding hydrogens is 408 g/mol. The summed E-state index contributed by atoms with van der Waals surface area (Å²) in [6.45, 7) is -0.0525. The number of carbonyl (C=O) groups is 1. The number of amides is 1. The maximum absolute atomic E-state index is 13.3. The van der Waals surface area contributed by atoms with Crippen LogP contribution in [0.5, 0.6) is 0 Å². The standard InChI is InChI=1S/C20H13ClN6OS/c21-14-5-6-18-16(11-14)27(15-3-1-2-4-17(15)29-18)19(28)12-26-24-20(23-25-26)13-7-9-22-10-8-13/h1-11H,12H2. The monoisotopic (exact) mass is 420 g/mol. The second kappa shape index (κ2) is 7.31. The van der Waals surface area contributed by atoms with Crippen molar-refractivity contribution in [2.75, 3.05) is 4.90 Å². The molecule has 1 aliphatic rings. The molecule has 0 atom stereocenters. The van der Waals surface area contributed by atoms with Crippen molar-refractivity contribution in [3.05, 3.63) is 72.0 Å². The lowest BCUT2D eigenvalue weighted by molar-refractivity contribution is -0.118. The van der Waals surface area contributed by atoms with Crippen molar-refractivity contribution >= 4 is 40.6 Å². The highest BCUT2D eigenvalue weighted by Gasteiger charge is 2.29. The van der Waals surface area contributed by atoms with Crippen molar-refractivity contribution in [1.82, 2.24) is 25.2 Å². The molecule has 7 nitrogen and oxygen atoms in total. The van der Waals surface area contributed by atoms with E-state index in [4.69, 9.17) is 11.6 Å². The molecule has 9 heteroatoms. The zero-order valence-corrected chi connectivity index (χ0v) is 16.5. The van der Waals surface area contributed by atoms with Gasteiger partial charge < -0.3 is 0 Å². The second-order valence-corrected chi connectivity index (χ2v) is 7.81. The zero-order valence-electron chi connectivity index (χ0n) is 14.9. The molecule has 1 amide bonds. The third kappa shape index (κ3) is 3.37. The largest absolute Gasteiger partial charge is 0.277 e. The number of tetrazole rings is 1. The number of anilines is 2. The number of benzene rings is 2. The van der Waals surface area contributed by atoms with Gasteiger partial charge in [0.05, 0.1) is 11.4 Å². The fourth-order valence-corrected chi connectivity index (χ4v) is 4.32. The molecule has 5 rings (SSSR count). The molecule has 4 aromatic rings. The van der Waals surface area contributed by atoms with Crippen molar-refractivity contribution in [1.29, 1.82) is 0 Å². The number of halogens is 1. The Kier molecular flexibility index (Phi) is 4.49. The van der Waals surface area contributed by atoms with E-state index in [0.29, 0.717) is 10.8 Å². The number of aromatic nitrogens is 5. The van der Waals surface area contributed by atoms with Crippen molar-refractivity contribution in [3.8, 4) is 11.4 Å². The Bertz CT molecular complexity index is 1210. The molecule has 29 heavy (non-hydrogen) atoms.